The van der Waals surface area contributed by atoms with E-state index >= 15 is 0 Å². The van der Waals surface area contributed by atoms with Crippen LogP contribution in [0.25, 0.3) is 11.1 Å². The average Bonchev–Trinajstić information content (AvgIpc) is 2.68. The molecule has 0 saturated carbocycles. The standard InChI is InChI=1S/C20H19N3O4S/c1-22(2)17-7-5-6-16(14-17)21-28(26,27)18-12-10-15(11-13-18)19-8-3-4-9-20(19)23(24)25/h3-14,21H,1-2H3. The predicted octanol–water partition coefficient (Wildman–Crippen LogP) is 4.13. The Balaban J connectivity index is 1.89. The molecule has 0 bridgehead atoms. The molecule has 3 aromatic carbocycles. The van der Waals surface area contributed by atoms with Gasteiger partial charge in [-0.25, -0.2) is 8.42 Å². The molecule has 3 rings (SSSR count). The fraction of sp³-hybridized carbons (Fsp3) is 0.100. The van der Waals surface area contributed by atoms with Crippen molar-refractivity contribution in [2.24, 2.45) is 0 Å². The monoisotopic (exact) mass is 397 g/mol. The number of hydrogen-bond acceptors (Lipinski definition) is 5. The van der Waals surface area contributed by atoms with Crippen LogP contribution in [0.1, 0.15) is 0 Å². The van der Waals surface area contributed by atoms with Crippen molar-refractivity contribution in [1.82, 2.24) is 0 Å². The summed E-state index contributed by atoms with van der Waals surface area (Å²) in [5.41, 5.74) is 2.29. The van der Waals surface area contributed by atoms with Crippen LogP contribution in [-0.4, -0.2) is 27.4 Å². The molecule has 144 valence electrons. The van der Waals surface area contributed by atoms with Gasteiger partial charge in [-0.3, -0.25) is 14.8 Å². The van der Waals surface area contributed by atoms with E-state index in [9.17, 15) is 18.5 Å². The Hall–Kier alpha value is -3.39. The van der Waals surface area contributed by atoms with Gasteiger partial charge in [-0.1, -0.05) is 30.3 Å². The number of anilines is 2. The van der Waals surface area contributed by atoms with E-state index in [1.165, 1.54) is 18.2 Å². The Labute approximate surface area is 163 Å². The number of nitrogens with zero attached hydrogens (tertiary/aromatic N) is 2. The van der Waals surface area contributed by atoms with Crippen molar-refractivity contribution < 1.29 is 13.3 Å². The third kappa shape index (κ3) is 4.12. The summed E-state index contributed by atoms with van der Waals surface area (Å²) in [4.78, 5) is 12.7. The maximum atomic E-state index is 12.7. The Morgan fingerprint density at radius 1 is 0.929 bits per heavy atom. The topological polar surface area (TPSA) is 92.6 Å². The Bertz CT molecular complexity index is 1110. The Morgan fingerprint density at radius 3 is 2.25 bits per heavy atom. The predicted molar refractivity (Wildman–Crippen MR) is 110 cm³/mol. The molecule has 28 heavy (non-hydrogen) atoms. The molecule has 0 aliphatic carbocycles. The smallest absolute Gasteiger partial charge is 0.277 e. The quantitative estimate of drug-likeness (QED) is 0.499. The molecular formula is C20H19N3O4S. The number of nitrogens with one attached hydrogen (secondary N) is 1. The lowest BCUT2D eigenvalue weighted by molar-refractivity contribution is -0.384. The molecule has 0 fully saturated rings. The van der Waals surface area contributed by atoms with Gasteiger partial charge in [-0.05, 0) is 42.0 Å². The van der Waals surface area contributed by atoms with Gasteiger partial charge in [0.05, 0.1) is 21.1 Å². The van der Waals surface area contributed by atoms with Gasteiger partial charge in [-0.2, -0.15) is 0 Å². The van der Waals surface area contributed by atoms with Gasteiger partial charge in [0.2, 0.25) is 0 Å². The summed E-state index contributed by atoms with van der Waals surface area (Å²) in [6.45, 7) is 0. The van der Waals surface area contributed by atoms with Crippen LogP contribution >= 0.6 is 0 Å². The molecule has 0 atom stereocenters. The lowest BCUT2D eigenvalue weighted by Gasteiger charge is -2.14. The van der Waals surface area contributed by atoms with Crippen molar-refractivity contribution in [2.45, 2.75) is 4.90 Å². The molecule has 0 radical (unpaired) electrons. The zero-order valence-corrected chi connectivity index (χ0v) is 16.2. The van der Waals surface area contributed by atoms with Crippen molar-refractivity contribution >= 4 is 27.1 Å². The average molecular weight is 397 g/mol. The van der Waals surface area contributed by atoms with Gasteiger partial charge in [0.25, 0.3) is 15.7 Å². The van der Waals surface area contributed by atoms with Gasteiger partial charge in [-0.15, -0.1) is 0 Å². The molecule has 7 nitrogen and oxygen atoms in total. The van der Waals surface area contributed by atoms with Gasteiger partial charge in [0, 0.05) is 25.8 Å². The molecule has 0 amide bonds. The van der Waals surface area contributed by atoms with E-state index in [1.54, 1.807) is 48.5 Å². The molecular weight excluding hydrogens is 378 g/mol. The van der Waals surface area contributed by atoms with Crippen LogP contribution in [0.3, 0.4) is 0 Å². The molecule has 1 N–H and O–H groups in total. The second-order valence-corrected chi connectivity index (χ2v) is 8.03. The minimum absolute atomic E-state index is 0.0308. The van der Waals surface area contributed by atoms with E-state index < -0.39 is 14.9 Å². The van der Waals surface area contributed by atoms with E-state index in [0.717, 1.165) is 5.69 Å². The third-order valence-electron chi connectivity index (χ3n) is 4.19. The highest BCUT2D eigenvalue weighted by Gasteiger charge is 2.17. The number of sulfonamides is 1. The molecule has 0 aliphatic heterocycles. The van der Waals surface area contributed by atoms with E-state index in [0.29, 0.717) is 16.8 Å². The number of nitro groups is 1. The minimum atomic E-state index is -3.78. The molecule has 8 heteroatoms. The normalized spacial score (nSPS) is 11.1. The Morgan fingerprint density at radius 2 is 1.61 bits per heavy atom. The first kappa shape index (κ1) is 19.4. The molecule has 0 saturated heterocycles. The van der Waals surface area contributed by atoms with Crippen molar-refractivity contribution in [3.63, 3.8) is 0 Å². The van der Waals surface area contributed by atoms with E-state index in [2.05, 4.69) is 4.72 Å². The van der Waals surface area contributed by atoms with Gasteiger partial charge in [0.15, 0.2) is 0 Å². The summed E-state index contributed by atoms with van der Waals surface area (Å²) in [5, 5.41) is 11.2. The van der Waals surface area contributed by atoms with Crippen molar-refractivity contribution in [3.05, 3.63) is 82.9 Å². The number of benzene rings is 3. The summed E-state index contributed by atoms with van der Waals surface area (Å²) in [5.74, 6) is 0. The molecule has 3 aromatic rings. The maximum Gasteiger partial charge on any atom is 0.277 e. The van der Waals surface area contributed by atoms with Gasteiger partial charge < -0.3 is 4.90 Å². The van der Waals surface area contributed by atoms with Crippen molar-refractivity contribution in [2.75, 3.05) is 23.7 Å². The summed E-state index contributed by atoms with van der Waals surface area (Å²) < 4.78 is 27.9. The summed E-state index contributed by atoms with van der Waals surface area (Å²) >= 11 is 0. The fourth-order valence-corrected chi connectivity index (χ4v) is 3.80. The zero-order valence-electron chi connectivity index (χ0n) is 15.4. The van der Waals surface area contributed by atoms with E-state index in [1.807, 2.05) is 25.1 Å². The number of rotatable bonds is 6. The summed E-state index contributed by atoms with van der Waals surface area (Å²) in [6.07, 6.45) is 0. The van der Waals surface area contributed by atoms with Crippen LogP contribution in [0, 0.1) is 10.1 Å². The van der Waals surface area contributed by atoms with Crippen LogP contribution in [-0.2, 0) is 10.0 Å². The molecule has 0 heterocycles. The van der Waals surface area contributed by atoms with Crippen LogP contribution in [0.4, 0.5) is 17.1 Å². The van der Waals surface area contributed by atoms with E-state index in [-0.39, 0.29) is 10.6 Å². The first-order chi connectivity index (χ1) is 13.3. The van der Waals surface area contributed by atoms with Gasteiger partial charge >= 0.3 is 0 Å². The van der Waals surface area contributed by atoms with E-state index in [4.69, 9.17) is 0 Å². The van der Waals surface area contributed by atoms with Crippen LogP contribution in [0.15, 0.2) is 77.7 Å². The highest BCUT2D eigenvalue weighted by Crippen LogP contribution is 2.30. The van der Waals surface area contributed by atoms with Crippen molar-refractivity contribution in [1.29, 1.82) is 0 Å². The maximum absolute atomic E-state index is 12.7. The number of para-hydroxylation sites is 1. The Kier molecular flexibility index (Phi) is 5.32. The van der Waals surface area contributed by atoms with Crippen LogP contribution < -0.4 is 9.62 Å². The second-order valence-electron chi connectivity index (χ2n) is 6.35. The highest BCUT2D eigenvalue weighted by atomic mass is 32.2. The van der Waals surface area contributed by atoms with Crippen LogP contribution in [0.2, 0.25) is 0 Å². The van der Waals surface area contributed by atoms with Crippen molar-refractivity contribution in [3.8, 4) is 11.1 Å². The highest BCUT2D eigenvalue weighted by molar-refractivity contribution is 7.92. The SMILES string of the molecule is CN(C)c1cccc(NS(=O)(=O)c2ccc(-c3ccccc3[N+](=O)[O-])cc2)c1. The molecule has 0 aromatic heterocycles. The first-order valence-electron chi connectivity index (χ1n) is 8.42. The molecule has 0 unspecified atom stereocenters. The summed E-state index contributed by atoms with van der Waals surface area (Å²) in [6, 6.07) is 19.4. The second kappa shape index (κ2) is 7.69. The number of hydrogen-bond donors (Lipinski definition) is 1. The summed E-state index contributed by atoms with van der Waals surface area (Å²) in [7, 11) is -0.0433. The lowest BCUT2D eigenvalue weighted by atomic mass is 10.0. The van der Waals surface area contributed by atoms with Crippen LogP contribution in [0.5, 0.6) is 0 Å². The molecule has 0 spiro atoms. The number of nitro benzene ring substituents is 1. The molecule has 0 aliphatic rings. The first-order valence-corrected chi connectivity index (χ1v) is 9.90. The zero-order chi connectivity index (χ0) is 20.3. The lowest BCUT2D eigenvalue weighted by Crippen LogP contribution is -2.14. The van der Waals surface area contributed by atoms with Gasteiger partial charge in [0.1, 0.15) is 0 Å². The minimum Gasteiger partial charge on any atom is -0.378 e. The largest absolute Gasteiger partial charge is 0.378 e. The third-order valence-corrected chi connectivity index (χ3v) is 5.59. The fourth-order valence-electron chi connectivity index (χ4n) is 2.75.